The third kappa shape index (κ3) is 3.04. The van der Waals surface area contributed by atoms with E-state index in [1.165, 1.54) is 5.56 Å². The molecule has 0 radical (unpaired) electrons. The van der Waals surface area contributed by atoms with Crippen molar-refractivity contribution in [3.8, 4) is 0 Å². The van der Waals surface area contributed by atoms with Crippen molar-refractivity contribution in [3.05, 3.63) is 107 Å². The number of fused-ring (bicyclic) bond motifs is 1. The first-order valence-electron chi connectivity index (χ1n) is 8.09. The number of pyridine rings is 1. The molecule has 1 aromatic heterocycles. The van der Waals surface area contributed by atoms with E-state index in [1.54, 1.807) is 0 Å². The molecule has 25 heavy (non-hydrogen) atoms. The quantitative estimate of drug-likeness (QED) is 0.755. The summed E-state index contributed by atoms with van der Waals surface area (Å²) < 4.78 is 0. The molecule has 3 nitrogen and oxygen atoms in total. The van der Waals surface area contributed by atoms with Gasteiger partial charge in [-0.2, -0.15) is 0 Å². The highest BCUT2D eigenvalue weighted by Gasteiger charge is 2.33. The first kappa shape index (κ1) is 17.2. The van der Waals surface area contributed by atoms with E-state index in [0.29, 0.717) is 0 Å². The van der Waals surface area contributed by atoms with Crippen LogP contribution in [-0.4, -0.2) is 4.98 Å². The van der Waals surface area contributed by atoms with E-state index in [4.69, 9.17) is 10.7 Å². The van der Waals surface area contributed by atoms with Crippen LogP contribution in [0.1, 0.15) is 28.1 Å². The van der Waals surface area contributed by atoms with E-state index in [-0.39, 0.29) is 12.4 Å². The Labute approximate surface area is 154 Å². The highest BCUT2D eigenvalue weighted by atomic mass is 35.5. The number of nitrogens with two attached hydrogens (primary N) is 1. The summed E-state index contributed by atoms with van der Waals surface area (Å²) in [7, 11) is 0. The summed E-state index contributed by atoms with van der Waals surface area (Å²) >= 11 is 0. The number of hydrogen-bond donors (Lipinski definition) is 2. The third-order valence-electron chi connectivity index (χ3n) is 4.53. The minimum absolute atomic E-state index is 0. The van der Waals surface area contributed by atoms with Gasteiger partial charge >= 0.3 is 0 Å². The normalized spacial score (nSPS) is 12.7. The smallest absolute Gasteiger partial charge is 0.110 e. The zero-order valence-electron chi connectivity index (χ0n) is 13.7. The van der Waals surface area contributed by atoms with Crippen LogP contribution in [0, 0.1) is 0 Å². The van der Waals surface area contributed by atoms with Crippen molar-refractivity contribution in [2.24, 2.45) is 5.73 Å². The molecule has 1 aliphatic heterocycles. The van der Waals surface area contributed by atoms with E-state index in [2.05, 4.69) is 35.6 Å². The summed E-state index contributed by atoms with van der Waals surface area (Å²) in [4.78, 5) is 4.89. The van der Waals surface area contributed by atoms with Gasteiger partial charge in [-0.3, -0.25) is 4.98 Å². The van der Waals surface area contributed by atoms with Gasteiger partial charge in [0.15, 0.2) is 0 Å². The number of nitrogens with zero attached hydrogens (tertiary/aromatic N) is 1. The van der Waals surface area contributed by atoms with E-state index < -0.39 is 5.54 Å². The highest BCUT2D eigenvalue weighted by molar-refractivity contribution is 5.85. The maximum Gasteiger partial charge on any atom is 0.110 e. The van der Waals surface area contributed by atoms with Crippen molar-refractivity contribution in [2.45, 2.75) is 12.1 Å². The Kier molecular flexibility index (Phi) is 4.88. The van der Waals surface area contributed by atoms with Crippen LogP contribution in [0.25, 0.3) is 6.08 Å². The van der Waals surface area contributed by atoms with Crippen LogP contribution in [0.3, 0.4) is 0 Å². The molecule has 3 N–H and O–H groups in total. The SMILES string of the molecule is Cl.NC(c1ccccc1)(c1ccccc1)c1ccc2c(n1)C=CNC2. The van der Waals surface area contributed by atoms with Crippen LogP contribution in [0.5, 0.6) is 0 Å². The van der Waals surface area contributed by atoms with Gasteiger partial charge in [0.2, 0.25) is 0 Å². The minimum Gasteiger partial charge on any atom is -0.387 e. The number of aromatic nitrogens is 1. The Bertz CT molecular complexity index is 837. The lowest BCUT2D eigenvalue weighted by Gasteiger charge is -2.31. The van der Waals surface area contributed by atoms with E-state index in [1.807, 2.05) is 54.7 Å². The van der Waals surface area contributed by atoms with Crippen molar-refractivity contribution < 1.29 is 0 Å². The second-order valence-corrected chi connectivity index (χ2v) is 6.00. The molecule has 0 fully saturated rings. The molecular formula is C21H20ClN3. The number of rotatable bonds is 3. The highest BCUT2D eigenvalue weighted by Crippen LogP contribution is 2.33. The largest absolute Gasteiger partial charge is 0.387 e. The van der Waals surface area contributed by atoms with Gasteiger partial charge in [-0.25, -0.2) is 0 Å². The van der Waals surface area contributed by atoms with Gasteiger partial charge in [-0.1, -0.05) is 66.7 Å². The van der Waals surface area contributed by atoms with Gasteiger partial charge in [0, 0.05) is 6.54 Å². The number of halogens is 1. The Morgan fingerprint density at radius 1 is 0.840 bits per heavy atom. The zero-order chi connectivity index (χ0) is 16.4. The second kappa shape index (κ2) is 7.09. The lowest BCUT2D eigenvalue weighted by Crippen LogP contribution is -2.40. The molecule has 4 rings (SSSR count). The molecule has 126 valence electrons. The molecule has 2 heterocycles. The molecule has 0 spiro atoms. The van der Waals surface area contributed by atoms with Crippen LogP contribution >= 0.6 is 12.4 Å². The summed E-state index contributed by atoms with van der Waals surface area (Å²) in [5, 5.41) is 3.21. The molecule has 3 aromatic rings. The van der Waals surface area contributed by atoms with Gasteiger partial charge < -0.3 is 11.1 Å². The predicted octanol–water partition coefficient (Wildman–Crippen LogP) is 3.83. The molecule has 0 saturated heterocycles. The monoisotopic (exact) mass is 349 g/mol. The number of nitrogens with one attached hydrogen (secondary N) is 1. The fourth-order valence-electron chi connectivity index (χ4n) is 3.19. The first-order chi connectivity index (χ1) is 11.8. The van der Waals surface area contributed by atoms with Gasteiger partial charge in [0.25, 0.3) is 0 Å². The fraction of sp³-hybridized carbons (Fsp3) is 0.0952. The van der Waals surface area contributed by atoms with Crippen LogP contribution < -0.4 is 11.1 Å². The van der Waals surface area contributed by atoms with Crippen molar-refractivity contribution in [1.82, 2.24) is 10.3 Å². The molecule has 4 heteroatoms. The Balaban J connectivity index is 0.00000182. The standard InChI is InChI=1S/C21H19N3.ClH/c22-21(17-7-3-1-4-8-17,18-9-5-2-6-10-18)20-12-11-16-15-23-14-13-19(16)24-20;/h1-14,23H,15,22H2;1H. The summed E-state index contributed by atoms with van der Waals surface area (Å²) in [6, 6.07) is 24.5. The van der Waals surface area contributed by atoms with Gasteiger partial charge in [-0.05, 0) is 35.0 Å². The summed E-state index contributed by atoms with van der Waals surface area (Å²) in [5.41, 5.74) is 11.3. The fourth-order valence-corrected chi connectivity index (χ4v) is 3.19. The van der Waals surface area contributed by atoms with E-state index in [0.717, 1.165) is 29.1 Å². The van der Waals surface area contributed by atoms with Crippen molar-refractivity contribution >= 4 is 18.5 Å². The summed E-state index contributed by atoms with van der Waals surface area (Å²) in [6.07, 6.45) is 3.93. The molecular weight excluding hydrogens is 330 g/mol. The van der Waals surface area contributed by atoms with Crippen LogP contribution in [0.15, 0.2) is 79.0 Å². The second-order valence-electron chi connectivity index (χ2n) is 6.00. The molecule has 0 unspecified atom stereocenters. The predicted molar refractivity (Wildman–Crippen MR) is 104 cm³/mol. The number of benzene rings is 2. The van der Waals surface area contributed by atoms with Crippen molar-refractivity contribution in [1.29, 1.82) is 0 Å². The maximum atomic E-state index is 6.99. The Morgan fingerprint density at radius 3 is 2.04 bits per heavy atom. The Hall–Kier alpha value is -2.62. The van der Waals surface area contributed by atoms with Gasteiger partial charge in [-0.15, -0.1) is 12.4 Å². The van der Waals surface area contributed by atoms with Crippen LogP contribution in [0.2, 0.25) is 0 Å². The average molecular weight is 350 g/mol. The topological polar surface area (TPSA) is 50.9 Å². The average Bonchev–Trinajstić information content (AvgIpc) is 2.68. The molecule has 0 atom stereocenters. The molecule has 0 saturated carbocycles. The lowest BCUT2D eigenvalue weighted by atomic mass is 9.80. The number of hydrogen-bond acceptors (Lipinski definition) is 3. The molecule has 0 aliphatic carbocycles. The Morgan fingerprint density at radius 2 is 1.44 bits per heavy atom. The van der Waals surface area contributed by atoms with Crippen LogP contribution in [0.4, 0.5) is 0 Å². The zero-order valence-corrected chi connectivity index (χ0v) is 14.5. The van der Waals surface area contributed by atoms with E-state index in [9.17, 15) is 0 Å². The van der Waals surface area contributed by atoms with E-state index >= 15 is 0 Å². The van der Waals surface area contributed by atoms with Gasteiger partial charge in [0.05, 0.1) is 11.4 Å². The molecule has 1 aliphatic rings. The van der Waals surface area contributed by atoms with Crippen LogP contribution in [-0.2, 0) is 12.1 Å². The molecule has 2 aromatic carbocycles. The summed E-state index contributed by atoms with van der Waals surface area (Å²) in [6.45, 7) is 0.799. The molecule has 0 bridgehead atoms. The minimum atomic E-state index is -0.781. The van der Waals surface area contributed by atoms with Crippen molar-refractivity contribution in [2.75, 3.05) is 0 Å². The van der Waals surface area contributed by atoms with Gasteiger partial charge in [0.1, 0.15) is 5.54 Å². The lowest BCUT2D eigenvalue weighted by molar-refractivity contribution is 0.626. The summed E-state index contributed by atoms with van der Waals surface area (Å²) in [5.74, 6) is 0. The maximum absolute atomic E-state index is 6.99. The third-order valence-corrected chi connectivity index (χ3v) is 4.53. The first-order valence-corrected chi connectivity index (χ1v) is 8.09. The molecule has 0 amide bonds. The van der Waals surface area contributed by atoms with Crippen molar-refractivity contribution in [3.63, 3.8) is 0 Å².